The van der Waals surface area contributed by atoms with Crippen molar-refractivity contribution in [2.75, 3.05) is 11.9 Å². The van der Waals surface area contributed by atoms with Gasteiger partial charge in [-0.25, -0.2) is 9.97 Å². The highest BCUT2D eigenvalue weighted by Crippen LogP contribution is 2.20. The molecule has 2 N–H and O–H groups in total. The first-order valence-electron chi connectivity index (χ1n) is 6.11. The number of rotatable bonds is 4. The molecule has 0 aliphatic carbocycles. The Morgan fingerprint density at radius 3 is 2.47 bits per heavy atom. The van der Waals surface area contributed by atoms with Gasteiger partial charge in [-0.3, -0.25) is 0 Å². The summed E-state index contributed by atoms with van der Waals surface area (Å²) in [7, 11) is 0. The second kappa shape index (κ2) is 5.63. The van der Waals surface area contributed by atoms with Crippen molar-refractivity contribution < 1.29 is 5.11 Å². The Labute approximate surface area is 116 Å². The summed E-state index contributed by atoms with van der Waals surface area (Å²) in [5.74, 6) is 0.357. The molecule has 0 saturated heterocycles. The molecule has 2 aromatic rings. The van der Waals surface area contributed by atoms with Crippen molar-refractivity contribution in [2.45, 2.75) is 33.2 Å². The van der Waals surface area contributed by atoms with E-state index in [1.165, 1.54) is 0 Å². The number of nitrogens with one attached hydrogen (secondary N) is 1. The van der Waals surface area contributed by atoms with Crippen molar-refractivity contribution in [1.29, 1.82) is 0 Å². The topological polar surface area (TPSA) is 83.8 Å². The van der Waals surface area contributed by atoms with E-state index in [-0.39, 0.29) is 17.8 Å². The van der Waals surface area contributed by atoms with Gasteiger partial charge in [0.05, 0.1) is 24.0 Å². The summed E-state index contributed by atoms with van der Waals surface area (Å²) in [5.41, 5.74) is 2.56. The van der Waals surface area contributed by atoms with Crippen LogP contribution in [0.5, 0.6) is 0 Å². The second-order valence-electron chi connectivity index (χ2n) is 4.34. The number of aryl methyl sites for hydroxylation is 2. The molecule has 6 nitrogen and oxygen atoms in total. The van der Waals surface area contributed by atoms with E-state index in [1.54, 1.807) is 0 Å². The molecule has 0 bridgehead atoms. The molecule has 2 rings (SSSR count). The molecule has 2 aromatic heterocycles. The first-order chi connectivity index (χ1) is 9.05. The number of aliphatic hydroxyl groups is 1. The van der Waals surface area contributed by atoms with Crippen LogP contribution in [0.4, 0.5) is 5.95 Å². The maximum absolute atomic E-state index is 9.17. The zero-order chi connectivity index (χ0) is 14.0. The van der Waals surface area contributed by atoms with Crippen LogP contribution in [0.3, 0.4) is 0 Å². The molecule has 0 amide bonds. The normalized spacial score (nSPS) is 12.7. The molecule has 102 valence electrons. The average Bonchev–Trinajstić information content (AvgIpc) is 2.38. The van der Waals surface area contributed by atoms with E-state index in [4.69, 9.17) is 11.6 Å². The molecule has 1 atom stereocenters. The molecule has 7 heteroatoms. The van der Waals surface area contributed by atoms with Crippen LogP contribution < -0.4 is 5.32 Å². The lowest BCUT2D eigenvalue weighted by Gasteiger charge is -2.14. The summed E-state index contributed by atoms with van der Waals surface area (Å²) in [6.45, 7) is 5.70. The Kier molecular flexibility index (Phi) is 4.11. The van der Waals surface area contributed by atoms with E-state index in [9.17, 15) is 5.11 Å². The first-order valence-corrected chi connectivity index (χ1v) is 6.48. The minimum atomic E-state index is -0.104. The summed E-state index contributed by atoms with van der Waals surface area (Å²) in [4.78, 5) is 17.1. The van der Waals surface area contributed by atoms with Gasteiger partial charge >= 0.3 is 0 Å². The van der Waals surface area contributed by atoms with E-state index < -0.39 is 0 Å². The predicted molar refractivity (Wildman–Crippen MR) is 74.4 cm³/mol. The van der Waals surface area contributed by atoms with E-state index in [0.29, 0.717) is 17.1 Å². The Morgan fingerprint density at radius 1 is 1.16 bits per heavy atom. The van der Waals surface area contributed by atoms with Crippen molar-refractivity contribution in [3.63, 3.8) is 0 Å². The van der Waals surface area contributed by atoms with Crippen molar-refractivity contribution >= 4 is 28.7 Å². The van der Waals surface area contributed by atoms with Crippen LogP contribution in [0.2, 0.25) is 5.15 Å². The summed E-state index contributed by atoms with van der Waals surface area (Å²) in [6.07, 6.45) is 0.758. The summed E-state index contributed by atoms with van der Waals surface area (Å²) >= 11 is 6.10. The number of hydrogen-bond acceptors (Lipinski definition) is 6. The molecule has 2 heterocycles. The fourth-order valence-corrected chi connectivity index (χ4v) is 1.81. The van der Waals surface area contributed by atoms with Crippen LogP contribution in [-0.4, -0.2) is 37.7 Å². The van der Waals surface area contributed by atoms with E-state index >= 15 is 0 Å². The molecular weight excluding hydrogens is 266 g/mol. The molecule has 0 radical (unpaired) electrons. The van der Waals surface area contributed by atoms with Crippen molar-refractivity contribution in [2.24, 2.45) is 0 Å². The number of aliphatic hydroxyl groups excluding tert-OH is 1. The van der Waals surface area contributed by atoms with Gasteiger partial charge in [-0.15, -0.1) is 0 Å². The lowest BCUT2D eigenvalue weighted by atomic mass is 10.2. The summed E-state index contributed by atoms with van der Waals surface area (Å²) in [5, 5.41) is 12.5. The van der Waals surface area contributed by atoms with Gasteiger partial charge in [0.1, 0.15) is 5.52 Å². The SMILES string of the molecule is CCC(CO)Nc1nc(Cl)c2nc(C)c(C)nc2n1. The van der Waals surface area contributed by atoms with Crippen molar-refractivity contribution in [1.82, 2.24) is 19.9 Å². The number of aromatic nitrogens is 4. The zero-order valence-corrected chi connectivity index (χ0v) is 11.9. The maximum atomic E-state index is 9.17. The first kappa shape index (κ1) is 13.9. The van der Waals surface area contributed by atoms with Gasteiger partial charge in [-0.05, 0) is 20.3 Å². The highest BCUT2D eigenvalue weighted by molar-refractivity contribution is 6.33. The molecule has 1 unspecified atom stereocenters. The standard InChI is InChI=1S/C12H16ClN5O/c1-4-8(5-19)16-12-17-10(13)9-11(18-12)15-7(3)6(2)14-9/h8,19H,4-5H2,1-3H3,(H,15,16,17,18). The number of halogens is 1. The monoisotopic (exact) mass is 281 g/mol. The Balaban J connectivity index is 2.46. The van der Waals surface area contributed by atoms with Gasteiger partial charge < -0.3 is 10.4 Å². The number of fused-ring (bicyclic) bond motifs is 1. The van der Waals surface area contributed by atoms with Crippen LogP contribution in [0.25, 0.3) is 11.2 Å². The van der Waals surface area contributed by atoms with Crippen LogP contribution in [0.1, 0.15) is 24.7 Å². The van der Waals surface area contributed by atoms with Gasteiger partial charge in [0.25, 0.3) is 0 Å². The molecule has 0 spiro atoms. The Hall–Kier alpha value is -1.53. The number of anilines is 1. The third-order valence-corrected chi connectivity index (χ3v) is 3.21. The smallest absolute Gasteiger partial charge is 0.226 e. The fraction of sp³-hybridized carbons (Fsp3) is 0.500. The van der Waals surface area contributed by atoms with E-state index in [2.05, 4.69) is 25.3 Å². The lowest BCUT2D eigenvalue weighted by Crippen LogP contribution is -2.24. The van der Waals surface area contributed by atoms with Crippen LogP contribution >= 0.6 is 11.6 Å². The third-order valence-electron chi connectivity index (χ3n) is 2.95. The van der Waals surface area contributed by atoms with Crippen LogP contribution in [0, 0.1) is 13.8 Å². The van der Waals surface area contributed by atoms with Crippen molar-refractivity contribution in [3.8, 4) is 0 Å². The highest BCUT2D eigenvalue weighted by atomic mass is 35.5. The molecule has 0 aliphatic heterocycles. The average molecular weight is 282 g/mol. The number of hydrogen-bond donors (Lipinski definition) is 2. The predicted octanol–water partition coefficient (Wildman–Crippen LogP) is 1.87. The quantitative estimate of drug-likeness (QED) is 0.833. The molecule has 19 heavy (non-hydrogen) atoms. The fourth-order valence-electron chi connectivity index (χ4n) is 1.60. The van der Waals surface area contributed by atoms with Gasteiger partial charge in [0.15, 0.2) is 10.8 Å². The summed E-state index contributed by atoms with van der Waals surface area (Å²) in [6, 6.07) is -0.104. The molecule has 0 aromatic carbocycles. The minimum absolute atomic E-state index is 0.00806. The van der Waals surface area contributed by atoms with Gasteiger partial charge in [-0.2, -0.15) is 9.97 Å². The van der Waals surface area contributed by atoms with Crippen LogP contribution in [0.15, 0.2) is 0 Å². The van der Waals surface area contributed by atoms with E-state index in [1.807, 2.05) is 20.8 Å². The van der Waals surface area contributed by atoms with Gasteiger partial charge in [0, 0.05) is 0 Å². The van der Waals surface area contributed by atoms with Gasteiger partial charge in [0.2, 0.25) is 5.95 Å². The Morgan fingerprint density at radius 2 is 1.84 bits per heavy atom. The Bertz CT molecular complexity index is 600. The van der Waals surface area contributed by atoms with E-state index in [0.717, 1.165) is 17.8 Å². The van der Waals surface area contributed by atoms with Crippen LogP contribution in [-0.2, 0) is 0 Å². The largest absolute Gasteiger partial charge is 0.394 e. The molecule has 0 saturated carbocycles. The second-order valence-corrected chi connectivity index (χ2v) is 4.69. The number of nitrogens with zero attached hydrogens (tertiary/aromatic N) is 4. The lowest BCUT2D eigenvalue weighted by molar-refractivity contribution is 0.271. The third kappa shape index (κ3) is 2.90. The highest BCUT2D eigenvalue weighted by Gasteiger charge is 2.12. The molecular formula is C12H16ClN5O. The van der Waals surface area contributed by atoms with Gasteiger partial charge in [-0.1, -0.05) is 18.5 Å². The molecule has 0 aliphatic rings. The minimum Gasteiger partial charge on any atom is -0.394 e. The molecule has 0 fully saturated rings. The zero-order valence-electron chi connectivity index (χ0n) is 11.1. The van der Waals surface area contributed by atoms with Crippen molar-refractivity contribution in [3.05, 3.63) is 16.5 Å². The maximum Gasteiger partial charge on any atom is 0.226 e. The summed E-state index contributed by atoms with van der Waals surface area (Å²) < 4.78 is 0.